The van der Waals surface area contributed by atoms with Crippen molar-refractivity contribution in [3.05, 3.63) is 54.1 Å². The molecule has 0 saturated heterocycles. The van der Waals surface area contributed by atoms with Crippen LogP contribution >= 0.6 is 11.8 Å². The highest BCUT2D eigenvalue weighted by Crippen LogP contribution is 2.27. The number of para-hydroxylation sites is 1. The third kappa shape index (κ3) is 5.35. The quantitative estimate of drug-likeness (QED) is 0.598. The standard InChI is InChI=1S/C19H20N2O4S/c1-12(26-15-8-6-7-14(11-15)20-13(2)22)18(23)21-17-10-5-4-9-16(17)19(24)25-3/h4-12H,1-3H3,(H,20,22)(H,21,23). The van der Waals surface area contributed by atoms with Crippen molar-refractivity contribution in [2.24, 2.45) is 0 Å². The molecule has 1 unspecified atom stereocenters. The van der Waals surface area contributed by atoms with Crippen LogP contribution in [0.5, 0.6) is 0 Å². The highest BCUT2D eigenvalue weighted by atomic mass is 32.2. The summed E-state index contributed by atoms with van der Waals surface area (Å²) in [6.45, 7) is 3.21. The second kappa shape index (κ2) is 9.05. The van der Waals surface area contributed by atoms with Gasteiger partial charge in [-0.15, -0.1) is 11.8 Å². The molecule has 0 heterocycles. The highest BCUT2D eigenvalue weighted by Gasteiger charge is 2.18. The number of benzene rings is 2. The van der Waals surface area contributed by atoms with E-state index >= 15 is 0 Å². The lowest BCUT2D eigenvalue weighted by Gasteiger charge is -2.14. The number of esters is 1. The summed E-state index contributed by atoms with van der Waals surface area (Å²) < 4.78 is 4.73. The smallest absolute Gasteiger partial charge is 0.339 e. The summed E-state index contributed by atoms with van der Waals surface area (Å²) in [4.78, 5) is 36.3. The number of anilines is 2. The Labute approximate surface area is 156 Å². The monoisotopic (exact) mass is 372 g/mol. The first kappa shape index (κ1) is 19.5. The van der Waals surface area contributed by atoms with E-state index in [1.807, 2.05) is 12.1 Å². The molecule has 0 bridgehead atoms. The van der Waals surface area contributed by atoms with Gasteiger partial charge in [0.25, 0.3) is 0 Å². The zero-order valence-corrected chi connectivity index (χ0v) is 15.6. The molecule has 0 aliphatic carbocycles. The minimum atomic E-state index is -0.510. The van der Waals surface area contributed by atoms with Crippen molar-refractivity contribution in [2.75, 3.05) is 17.7 Å². The number of methoxy groups -OCH3 is 1. The van der Waals surface area contributed by atoms with E-state index in [0.29, 0.717) is 16.9 Å². The van der Waals surface area contributed by atoms with E-state index in [-0.39, 0.29) is 11.8 Å². The Balaban J connectivity index is 2.07. The van der Waals surface area contributed by atoms with Crippen LogP contribution in [0.2, 0.25) is 0 Å². The molecule has 0 saturated carbocycles. The number of thioether (sulfide) groups is 1. The predicted molar refractivity (Wildman–Crippen MR) is 102 cm³/mol. The summed E-state index contributed by atoms with van der Waals surface area (Å²) >= 11 is 1.35. The van der Waals surface area contributed by atoms with Gasteiger partial charge in [-0.25, -0.2) is 4.79 Å². The van der Waals surface area contributed by atoms with Crippen LogP contribution in [0.4, 0.5) is 11.4 Å². The van der Waals surface area contributed by atoms with E-state index in [9.17, 15) is 14.4 Å². The van der Waals surface area contributed by atoms with Crippen LogP contribution in [0.25, 0.3) is 0 Å². The summed E-state index contributed by atoms with van der Waals surface area (Å²) in [5, 5.41) is 5.06. The Bertz CT molecular complexity index is 823. The van der Waals surface area contributed by atoms with Crippen molar-refractivity contribution in [2.45, 2.75) is 24.0 Å². The summed E-state index contributed by atoms with van der Waals surface area (Å²) in [5.41, 5.74) is 1.38. The maximum Gasteiger partial charge on any atom is 0.339 e. The number of hydrogen-bond acceptors (Lipinski definition) is 5. The molecule has 0 aromatic heterocycles. The van der Waals surface area contributed by atoms with Gasteiger partial charge in [-0.1, -0.05) is 18.2 Å². The van der Waals surface area contributed by atoms with Crippen LogP contribution in [-0.4, -0.2) is 30.1 Å². The molecule has 136 valence electrons. The largest absolute Gasteiger partial charge is 0.465 e. The van der Waals surface area contributed by atoms with E-state index in [2.05, 4.69) is 10.6 Å². The number of carbonyl (C=O) groups is 3. The first-order valence-corrected chi connectivity index (χ1v) is 8.81. The van der Waals surface area contributed by atoms with Crippen molar-refractivity contribution < 1.29 is 19.1 Å². The SMILES string of the molecule is COC(=O)c1ccccc1NC(=O)C(C)Sc1cccc(NC(C)=O)c1. The van der Waals surface area contributed by atoms with Gasteiger partial charge in [0.2, 0.25) is 11.8 Å². The van der Waals surface area contributed by atoms with Crippen LogP contribution in [0, 0.1) is 0 Å². The van der Waals surface area contributed by atoms with E-state index in [1.165, 1.54) is 25.8 Å². The molecule has 2 N–H and O–H groups in total. The van der Waals surface area contributed by atoms with Gasteiger partial charge in [0.05, 0.1) is 23.6 Å². The maximum absolute atomic E-state index is 12.5. The van der Waals surface area contributed by atoms with Gasteiger partial charge < -0.3 is 15.4 Å². The molecule has 26 heavy (non-hydrogen) atoms. The Morgan fingerprint density at radius 2 is 1.77 bits per heavy atom. The van der Waals surface area contributed by atoms with Crippen molar-refractivity contribution in [3.8, 4) is 0 Å². The average Bonchev–Trinajstić information content (AvgIpc) is 2.61. The topological polar surface area (TPSA) is 84.5 Å². The molecular weight excluding hydrogens is 352 g/mol. The van der Waals surface area contributed by atoms with Crippen molar-refractivity contribution in [1.82, 2.24) is 0 Å². The van der Waals surface area contributed by atoms with Crippen LogP contribution in [0.3, 0.4) is 0 Å². The van der Waals surface area contributed by atoms with Gasteiger partial charge in [-0.3, -0.25) is 9.59 Å². The van der Waals surface area contributed by atoms with E-state index in [1.54, 1.807) is 43.3 Å². The van der Waals surface area contributed by atoms with Gasteiger partial charge in [0, 0.05) is 17.5 Å². The average molecular weight is 372 g/mol. The van der Waals surface area contributed by atoms with Gasteiger partial charge in [0.15, 0.2) is 0 Å². The summed E-state index contributed by atoms with van der Waals surface area (Å²) in [6, 6.07) is 13.9. The van der Waals surface area contributed by atoms with Gasteiger partial charge >= 0.3 is 5.97 Å². The first-order valence-electron chi connectivity index (χ1n) is 7.93. The third-order valence-electron chi connectivity index (χ3n) is 3.43. The number of rotatable bonds is 6. The molecule has 2 amide bonds. The van der Waals surface area contributed by atoms with Crippen molar-refractivity contribution in [3.63, 3.8) is 0 Å². The molecule has 0 aliphatic rings. The van der Waals surface area contributed by atoms with Crippen LogP contribution in [0.1, 0.15) is 24.2 Å². The number of hydrogen-bond donors (Lipinski definition) is 2. The van der Waals surface area contributed by atoms with Crippen molar-refractivity contribution >= 4 is 40.9 Å². The normalized spacial score (nSPS) is 11.3. The second-order valence-electron chi connectivity index (χ2n) is 5.50. The fourth-order valence-corrected chi connectivity index (χ4v) is 3.15. The highest BCUT2D eigenvalue weighted by molar-refractivity contribution is 8.00. The molecule has 2 aromatic carbocycles. The fourth-order valence-electron chi connectivity index (χ4n) is 2.22. The van der Waals surface area contributed by atoms with E-state index in [4.69, 9.17) is 4.74 Å². The van der Waals surface area contributed by atoms with Crippen LogP contribution in [0.15, 0.2) is 53.4 Å². The van der Waals surface area contributed by atoms with E-state index in [0.717, 1.165) is 4.90 Å². The van der Waals surface area contributed by atoms with Gasteiger partial charge in [-0.05, 0) is 37.3 Å². The van der Waals surface area contributed by atoms with Crippen LogP contribution in [-0.2, 0) is 14.3 Å². The molecule has 2 rings (SSSR count). The number of nitrogens with one attached hydrogen (secondary N) is 2. The lowest BCUT2D eigenvalue weighted by Crippen LogP contribution is -2.23. The fraction of sp³-hybridized carbons (Fsp3) is 0.211. The zero-order valence-electron chi connectivity index (χ0n) is 14.7. The third-order valence-corrected chi connectivity index (χ3v) is 4.52. The molecule has 6 nitrogen and oxygen atoms in total. The molecule has 2 aromatic rings. The Kier molecular flexibility index (Phi) is 6.80. The zero-order chi connectivity index (χ0) is 19.1. The number of amides is 2. The molecule has 0 aliphatic heterocycles. The molecule has 7 heteroatoms. The summed E-state index contributed by atoms with van der Waals surface area (Å²) in [6.07, 6.45) is 0. The molecule has 0 radical (unpaired) electrons. The van der Waals surface area contributed by atoms with Crippen molar-refractivity contribution in [1.29, 1.82) is 0 Å². The first-order chi connectivity index (χ1) is 12.4. The Morgan fingerprint density at radius 3 is 2.46 bits per heavy atom. The molecular formula is C19H20N2O4S. The van der Waals surface area contributed by atoms with Crippen LogP contribution < -0.4 is 10.6 Å². The summed E-state index contributed by atoms with van der Waals surface area (Å²) in [7, 11) is 1.29. The Morgan fingerprint density at radius 1 is 1.04 bits per heavy atom. The maximum atomic E-state index is 12.5. The second-order valence-corrected chi connectivity index (χ2v) is 6.91. The minimum absolute atomic E-state index is 0.155. The predicted octanol–water partition coefficient (Wildman–Crippen LogP) is 3.55. The lowest BCUT2D eigenvalue weighted by molar-refractivity contribution is -0.115. The molecule has 0 spiro atoms. The number of ether oxygens (including phenoxy) is 1. The van der Waals surface area contributed by atoms with E-state index < -0.39 is 11.2 Å². The Hall–Kier alpha value is -2.80. The number of carbonyl (C=O) groups excluding carboxylic acids is 3. The molecule has 1 atom stereocenters. The van der Waals surface area contributed by atoms with Gasteiger partial charge in [0.1, 0.15) is 0 Å². The lowest BCUT2D eigenvalue weighted by atomic mass is 10.2. The minimum Gasteiger partial charge on any atom is -0.465 e. The summed E-state index contributed by atoms with van der Waals surface area (Å²) in [5.74, 6) is -0.905. The van der Waals surface area contributed by atoms with Gasteiger partial charge in [-0.2, -0.15) is 0 Å². The molecule has 0 fully saturated rings.